The molecule has 2 aromatic rings. The van der Waals surface area contributed by atoms with Crippen molar-refractivity contribution in [1.82, 2.24) is 10.3 Å². The topological polar surface area (TPSA) is 65.8 Å². The van der Waals surface area contributed by atoms with Crippen LogP contribution in [0.15, 0.2) is 30.3 Å². The van der Waals surface area contributed by atoms with Gasteiger partial charge >= 0.3 is 0 Å². The molecule has 5 heteroatoms. The van der Waals surface area contributed by atoms with E-state index in [1.54, 1.807) is 12.1 Å². The third kappa shape index (κ3) is 3.06. The number of benzene rings is 1. The largest absolute Gasteiger partial charge is 0.317 e. The summed E-state index contributed by atoms with van der Waals surface area (Å²) in [5.74, 6) is -0.768. The summed E-state index contributed by atoms with van der Waals surface area (Å²) in [6.07, 6.45) is 1.96. The van der Waals surface area contributed by atoms with Crippen LogP contribution in [0.1, 0.15) is 51.6 Å². The third-order valence-corrected chi connectivity index (χ3v) is 4.51. The van der Waals surface area contributed by atoms with E-state index in [0.29, 0.717) is 5.92 Å². The summed E-state index contributed by atoms with van der Waals surface area (Å²) in [7, 11) is 0. The highest BCUT2D eigenvalue weighted by Crippen LogP contribution is 2.25. The molecule has 0 amide bonds. The minimum Gasteiger partial charge on any atom is -0.317 e. The Hall–Kier alpha value is -2.58. The summed E-state index contributed by atoms with van der Waals surface area (Å²) < 4.78 is 14.4. The lowest BCUT2D eigenvalue weighted by molar-refractivity contribution is 0.103. The Kier molecular flexibility index (Phi) is 4.68. The number of carbonyl (C=O) groups excluding carboxylic acids is 1. The average molecular weight is 323 g/mol. The van der Waals surface area contributed by atoms with Crippen LogP contribution >= 0.6 is 0 Å². The van der Waals surface area contributed by atoms with Gasteiger partial charge in [-0.05, 0) is 57.1 Å². The fraction of sp³-hybridized carbons (Fsp3) is 0.316. The Morgan fingerprint density at radius 2 is 2.04 bits per heavy atom. The quantitative estimate of drug-likeness (QED) is 0.882. The molecule has 0 radical (unpaired) electrons. The molecule has 0 unspecified atom stereocenters. The van der Waals surface area contributed by atoms with Gasteiger partial charge in [0.05, 0.1) is 17.2 Å². The Morgan fingerprint density at radius 1 is 1.29 bits per heavy atom. The first kappa shape index (κ1) is 16.3. The number of nitriles is 1. The number of nitrogens with one attached hydrogen (secondary N) is 1. The standard InChI is InChI=1S/C19H18FN3O/c1-12-14(11-21)5-6-15(18(12)20)19(24)17-4-2-3-16(23-17)13-7-9-22-10-8-13/h2-6,13,22H,7-10H2,1H3. The molecule has 0 bridgehead atoms. The van der Waals surface area contributed by atoms with Gasteiger partial charge in [-0.3, -0.25) is 4.79 Å². The van der Waals surface area contributed by atoms with E-state index in [9.17, 15) is 9.18 Å². The van der Waals surface area contributed by atoms with E-state index in [1.165, 1.54) is 19.1 Å². The average Bonchev–Trinajstić information content (AvgIpc) is 2.64. The Labute approximate surface area is 140 Å². The van der Waals surface area contributed by atoms with Gasteiger partial charge in [0.2, 0.25) is 5.78 Å². The van der Waals surface area contributed by atoms with E-state index in [4.69, 9.17) is 5.26 Å². The molecule has 3 rings (SSSR count). The number of rotatable bonds is 3. The normalized spacial score (nSPS) is 15.0. The molecular formula is C19H18FN3O. The van der Waals surface area contributed by atoms with Crippen molar-refractivity contribution in [2.24, 2.45) is 0 Å². The predicted molar refractivity (Wildman–Crippen MR) is 88.4 cm³/mol. The second-order valence-corrected chi connectivity index (χ2v) is 6.01. The number of hydrogen-bond donors (Lipinski definition) is 1. The van der Waals surface area contributed by atoms with Crippen LogP contribution in [0.3, 0.4) is 0 Å². The summed E-state index contributed by atoms with van der Waals surface area (Å²) >= 11 is 0. The molecule has 122 valence electrons. The molecule has 0 aliphatic carbocycles. The van der Waals surface area contributed by atoms with Gasteiger partial charge in [0.1, 0.15) is 11.5 Å². The number of hydrogen-bond acceptors (Lipinski definition) is 4. The summed E-state index contributed by atoms with van der Waals surface area (Å²) in [4.78, 5) is 17.1. The van der Waals surface area contributed by atoms with E-state index >= 15 is 0 Å². The predicted octanol–water partition coefficient (Wildman–Crippen LogP) is 3.10. The molecule has 0 saturated carbocycles. The van der Waals surface area contributed by atoms with Gasteiger partial charge in [-0.2, -0.15) is 5.26 Å². The highest BCUT2D eigenvalue weighted by atomic mass is 19.1. The zero-order valence-corrected chi connectivity index (χ0v) is 13.5. The van der Waals surface area contributed by atoms with Crippen molar-refractivity contribution in [2.75, 3.05) is 13.1 Å². The fourth-order valence-corrected chi connectivity index (χ4v) is 3.04. The summed E-state index contributed by atoms with van der Waals surface area (Å²) in [5, 5.41) is 12.3. The minimum atomic E-state index is -0.645. The lowest BCUT2D eigenvalue weighted by Gasteiger charge is -2.22. The van der Waals surface area contributed by atoms with Gasteiger partial charge in [0.15, 0.2) is 0 Å². The molecule has 1 aromatic heterocycles. The SMILES string of the molecule is Cc1c(C#N)ccc(C(=O)c2cccc(C3CCNCC3)n2)c1F. The number of halogens is 1. The molecule has 1 saturated heterocycles. The van der Waals surface area contributed by atoms with Crippen LogP contribution in [0, 0.1) is 24.1 Å². The maximum absolute atomic E-state index is 14.4. The van der Waals surface area contributed by atoms with Crippen molar-refractivity contribution in [3.8, 4) is 6.07 Å². The van der Waals surface area contributed by atoms with Crippen LogP contribution in [0.4, 0.5) is 4.39 Å². The van der Waals surface area contributed by atoms with Crippen molar-refractivity contribution in [1.29, 1.82) is 5.26 Å². The maximum atomic E-state index is 14.4. The second-order valence-electron chi connectivity index (χ2n) is 6.01. The van der Waals surface area contributed by atoms with Crippen molar-refractivity contribution < 1.29 is 9.18 Å². The molecule has 1 aliphatic heterocycles. The zero-order valence-electron chi connectivity index (χ0n) is 13.5. The molecule has 0 spiro atoms. The Bertz CT molecular complexity index is 820. The first-order valence-electron chi connectivity index (χ1n) is 8.03. The van der Waals surface area contributed by atoms with E-state index in [-0.39, 0.29) is 22.4 Å². The Balaban J connectivity index is 1.93. The van der Waals surface area contributed by atoms with Crippen LogP contribution in [0.25, 0.3) is 0 Å². The zero-order chi connectivity index (χ0) is 17.1. The van der Waals surface area contributed by atoms with Crippen LogP contribution in [-0.2, 0) is 0 Å². The number of piperidine rings is 1. The van der Waals surface area contributed by atoms with Crippen LogP contribution in [-0.4, -0.2) is 23.9 Å². The van der Waals surface area contributed by atoms with Gasteiger partial charge in [-0.25, -0.2) is 9.37 Å². The first-order valence-corrected chi connectivity index (χ1v) is 8.03. The monoisotopic (exact) mass is 323 g/mol. The van der Waals surface area contributed by atoms with E-state index in [1.807, 2.05) is 12.1 Å². The van der Waals surface area contributed by atoms with Crippen molar-refractivity contribution >= 4 is 5.78 Å². The van der Waals surface area contributed by atoms with Crippen LogP contribution in [0.2, 0.25) is 0 Å². The van der Waals surface area contributed by atoms with Crippen LogP contribution in [0.5, 0.6) is 0 Å². The molecule has 1 N–H and O–H groups in total. The van der Waals surface area contributed by atoms with Gasteiger partial charge in [-0.1, -0.05) is 6.07 Å². The minimum absolute atomic E-state index is 0.0403. The van der Waals surface area contributed by atoms with Gasteiger partial charge in [0, 0.05) is 17.2 Å². The molecular weight excluding hydrogens is 305 g/mol. The molecule has 1 aromatic carbocycles. The highest BCUT2D eigenvalue weighted by molar-refractivity contribution is 6.08. The molecule has 24 heavy (non-hydrogen) atoms. The van der Waals surface area contributed by atoms with Crippen LogP contribution < -0.4 is 5.32 Å². The third-order valence-electron chi connectivity index (χ3n) is 4.51. The summed E-state index contributed by atoms with van der Waals surface area (Å²) in [6.45, 7) is 3.38. The smallest absolute Gasteiger partial charge is 0.214 e. The maximum Gasteiger partial charge on any atom is 0.214 e. The van der Waals surface area contributed by atoms with Crippen molar-refractivity contribution in [2.45, 2.75) is 25.7 Å². The molecule has 1 aliphatic rings. The first-order chi connectivity index (χ1) is 11.6. The molecule has 4 nitrogen and oxygen atoms in total. The molecule has 0 atom stereocenters. The summed E-state index contributed by atoms with van der Waals surface area (Å²) in [6, 6.07) is 10.1. The lowest BCUT2D eigenvalue weighted by Crippen LogP contribution is -2.27. The highest BCUT2D eigenvalue weighted by Gasteiger charge is 2.21. The van der Waals surface area contributed by atoms with E-state index in [0.717, 1.165) is 31.6 Å². The van der Waals surface area contributed by atoms with Gasteiger partial charge in [-0.15, -0.1) is 0 Å². The van der Waals surface area contributed by atoms with Gasteiger partial charge < -0.3 is 5.32 Å². The number of aromatic nitrogens is 1. The number of carbonyl (C=O) groups is 1. The van der Waals surface area contributed by atoms with Gasteiger partial charge in [0.25, 0.3) is 0 Å². The second kappa shape index (κ2) is 6.90. The lowest BCUT2D eigenvalue weighted by atomic mass is 9.93. The molecule has 2 heterocycles. The summed E-state index contributed by atoms with van der Waals surface area (Å²) in [5.41, 5.74) is 1.52. The molecule has 1 fully saturated rings. The van der Waals surface area contributed by atoms with E-state index < -0.39 is 11.6 Å². The number of ketones is 1. The fourth-order valence-electron chi connectivity index (χ4n) is 3.04. The number of nitrogens with zero attached hydrogens (tertiary/aromatic N) is 2. The number of pyridine rings is 1. The Morgan fingerprint density at radius 3 is 2.75 bits per heavy atom. The van der Waals surface area contributed by atoms with Crippen molar-refractivity contribution in [3.05, 3.63) is 64.2 Å². The van der Waals surface area contributed by atoms with Crippen molar-refractivity contribution in [3.63, 3.8) is 0 Å². The van der Waals surface area contributed by atoms with E-state index in [2.05, 4.69) is 10.3 Å².